The molecular formula is C15H12N2O5. The van der Waals surface area contributed by atoms with Crippen molar-refractivity contribution in [2.24, 2.45) is 0 Å². The molecule has 2 aromatic rings. The fraction of sp³-hybridized carbons (Fsp3) is 0.200. The van der Waals surface area contributed by atoms with Crippen LogP contribution in [0.1, 0.15) is 26.5 Å². The van der Waals surface area contributed by atoms with Crippen LogP contribution >= 0.6 is 0 Å². The Kier molecular flexibility index (Phi) is 3.69. The Hall–Kier alpha value is -2.96. The van der Waals surface area contributed by atoms with Gasteiger partial charge in [-0.05, 0) is 25.1 Å². The number of nitrogens with zero attached hydrogens (tertiary/aromatic N) is 2. The van der Waals surface area contributed by atoms with Crippen molar-refractivity contribution >= 4 is 11.8 Å². The van der Waals surface area contributed by atoms with Crippen LogP contribution in [-0.2, 0) is 4.74 Å². The number of rotatable bonds is 4. The van der Waals surface area contributed by atoms with Crippen molar-refractivity contribution in [2.75, 3.05) is 13.4 Å². The van der Waals surface area contributed by atoms with E-state index in [1.165, 1.54) is 12.4 Å². The second-order valence-electron chi connectivity index (χ2n) is 4.61. The molecule has 0 bridgehead atoms. The van der Waals surface area contributed by atoms with Crippen LogP contribution in [0.2, 0.25) is 0 Å². The summed E-state index contributed by atoms with van der Waals surface area (Å²) in [5.41, 5.74) is 1.13. The van der Waals surface area contributed by atoms with Crippen LogP contribution in [-0.4, -0.2) is 35.1 Å². The summed E-state index contributed by atoms with van der Waals surface area (Å²) in [6, 6.07) is 4.79. The van der Waals surface area contributed by atoms with Gasteiger partial charge in [-0.25, -0.2) is 9.78 Å². The SMILES string of the molecule is Cc1cnc(C(=O)OCC(=O)c2ccc3c(c2)OCO3)cn1. The van der Waals surface area contributed by atoms with Crippen LogP contribution in [0.25, 0.3) is 0 Å². The lowest BCUT2D eigenvalue weighted by atomic mass is 10.1. The Balaban J connectivity index is 1.62. The molecule has 1 aromatic heterocycles. The lowest BCUT2D eigenvalue weighted by molar-refractivity contribution is 0.0468. The van der Waals surface area contributed by atoms with Gasteiger partial charge in [0.2, 0.25) is 6.79 Å². The highest BCUT2D eigenvalue weighted by Gasteiger charge is 2.18. The fourth-order valence-corrected chi connectivity index (χ4v) is 1.86. The highest BCUT2D eigenvalue weighted by atomic mass is 16.7. The third kappa shape index (κ3) is 2.88. The molecule has 22 heavy (non-hydrogen) atoms. The van der Waals surface area contributed by atoms with E-state index in [-0.39, 0.29) is 24.9 Å². The summed E-state index contributed by atoms with van der Waals surface area (Å²) in [6.45, 7) is 1.51. The average molecular weight is 300 g/mol. The number of ether oxygens (including phenoxy) is 3. The van der Waals surface area contributed by atoms with E-state index in [2.05, 4.69) is 9.97 Å². The minimum absolute atomic E-state index is 0.0593. The minimum atomic E-state index is -0.693. The molecule has 2 heterocycles. The number of fused-ring (bicyclic) bond motifs is 1. The molecule has 7 nitrogen and oxygen atoms in total. The number of Topliss-reactive ketones (excluding diaryl/α,β-unsaturated/α-hetero) is 1. The molecule has 0 N–H and O–H groups in total. The number of aryl methyl sites for hydroxylation is 1. The van der Waals surface area contributed by atoms with Crippen LogP contribution in [0, 0.1) is 6.92 Å². The van der Waals surface area contributed by atoms with E-state index in [9.17, 15) is 9.59 Å². The molecule has 0 radical (unpaired) electrons. The zero-order valence-electron chi connectivity index (χ0n) is 11.7. The van der Waals surface area contributed by atoms with Crippen molar-refractivity contribution in [3.8, 4) is 11.5 Å². The Morgan fingerprint density at radius 2 is 2.00 bits per heavy atom. The molecule has 0 atom stereocenters. The summed E-state index contributed by atoms with van der Waals surface area (Å²) in [7, 11) is 0. The lowest BCUT2D eigenvalue weighted by Gasteiger charge is -2.04. The van der Waals surface area contributed by atoms with Gasteiger partial charge in [-0.2, -0.15) is 0 Å². The minimum Gasteiger partial charge on any atom is -0.454 e. The fourth-order valence-electron chi connectivity index (χ4n) is 1.86. The first-order chi connectivity index (χ1) is 10.6. The Morgan fingerprint density at radius 3 is 2.77 bits per heavy atom. The molecule has 0 aliphatic carbocycles. The van der Waals surface area contributed by atoms with E-state index in [1.807, 2.05) is 0 Å². The molecular weight excluding hydrogens is 288 g/mol. The molecule has 0 fully saturated rings. The summed E-state index contributed by atoms with van der Waals surface area (Å²) < 4.78 is 15.3. The quantitative estimate of drug-likeness (QED) is 0.625. The molecule has 0 amide bonds. The molecule has 1 aliphatic rings. The van der Waals surface area contributed by atoms with Gasteiger partial charge in [0.25, 0.3) is 0 Å². The van der Waals surface area contributed by atoms with Crippen molar-refractivity contribution in [1.29, 1.82) is 0 Å². The van der Waals surface area contributed by atoms with Crippen molar-refractivity contribution in [3.05, 3.63) is 47.5 Å². The highest BCUT2D eigenvalue weighted by Crippen LogP contribution is 2.32. The first kappa shape index (κ1) is 14.0. The summed E-state index contributed by atoms with van der Waals surface area (Å²) in [4.78, 5) is 31.6. The number of aromatic nitrogens is 2. The maximum Gasteiger partial charge on any atom is 0.358 e. The van der Waals surface area contributed by atoms with Crippen LogP contribution < -0.4 is 9.47 Å². The molecule has 0 unspecified atom stereocenters. The number of carbonyl (C=O) groups excluding carboxylic acids is 2. The van der Waals surface area contributed by atoms with Crippen LogP contribution in [0.3, 0.4) is 0 Å². The van der Waals surface area contributed by atoms with Gasteiger partial charge in [0.05, 0.1) is 11.9 Å². The van der Waals surface area contributed by atoms with Crippen LogP contribution in [0.15, 0.2) is 30.6 Å². The maximum absolute atomic E-state index is 12.0. The normalized spacial score (nSPS) is 12.0. The van der Waals surface area contributed by atoms with Gasteiger partial charge in [-0.15, -0.1) is 0 Å². The summed E-state index contributed by atoms with van der Waals surface area (Å²) >= 11 is 0. The standard InChI is InChI=1S/C15H12N2O5/c1-9-5-17-11(6-16-9)15(19)20-7-12(18)10-2-3-13-14(4-10)22-8-21-13/h2-6H,7-8H2,1H3. The van der Waals surface area contributed by atoms with E-state index in [0.29, 0.717) is 22.8 Å². The maximum atomic E-state index is 12.0. The smallest absolute Gasteiger partial charge is 0.358 e. The first-order valence-electron chi connectivity index (χ1n) is 6.52. The average Bonchev–Trinajstić information content (AvgIpc) is 3.00. The number of ketones is 1. The molecule has 1 aromatic carbocycles. The second kappa shape index (κ2) is 5.80. The molecule has 0 saturated carbocycles. The number of carbonyl (C=O) groups is 2. The van der Waals surface area contributed by atoms with Gasteiger partial charge >= 0.3 is 5.97 Å². The highest BCUT2D eigenvalue weighted by molar-refractivity contribution is 5.99. The van der Waals surface area contributed by atoms with E-state index >= 15 is 0 Å². The summed E-state index contributed by atoms with van der Waals surface area (Å²) in [5.74, 6) is 0.0540. The van der Waals surface area contributed by atoms with Gasteiger partial charge in [0.1, 0.15) is 0 Å². The molecule has 0 saturated heterocycles. The zero-order valence-corrected chi connectivity index (χ0v) is 11.7. The van der Waals surface area contributed by atoms with E-state index in [1.54, 1.807) is 25.1 Å². The van der Waals surface area contributed by atoms with E-state index in [0.717, 1.165) is 0 Å². The molecule has 3 rings (SSSR count). The van der Waals surface area contributed by atoms with Crippen molar-refractivity contribution in [2.45, 2.75) is 6.92 Å². The topological polar surface area (TPSA) is 87.6 Å². The predicted molar refractivity (Wildman–Crippen MR) is 73.9 cm³/mol. The van der Waals surface area contributed by atoms with Gasteiger partial charge in [0, 0.05) is 11.8 Å². The number of hydrogen-bond acceptors (Lipinski definition) is 7. The first-order valence-corrected chi connectivity index (χ1v) is 6.52. The summed E-state index contributed by atoms with van der Waals surface area (Å²) in [6.07, 6.45) is 2.76. The van der Waals surface area contributed by atoms with Crippen LogP contribution in [0.5, 0.6) is 11.5 Å². The van der Waals surface area contributed by atoms with Gasteiger partial charge in [0.15, 0.2) is 29.6 Å². The number of benzene rings is 1. The van der Waals surface area contributed by atoms with Crippen LogP contribution in [0.4, 0.5) is 0 Å². The van der Waals surface area contributed by atoms with Gasteiger partial charge in [-0.3, -0.25) is 9.78 Å². The monoisotopic (exact) mass is 300 g/mol. The molecule has 112 valence electrons. The van der Waals surface area contributed by atoms with Gasteiger partial charge in [-0.1, -0.05) is 0 Å². The predicted octanol–water partition coefficient (Wildman–Crippen LogP) is 1.55. The zero-order chi connectivity index (χ0) is 15.5. The Morgan fingerprint density at radius 1 is 1.18 bits per heavy atom. The van der Waals surface area contributed by atoms with E-state index in [4.69, 9.17) is 14.2 Å². The third-order valence-corrected chi connectivity index (χ3v) is 3.02. The largest absolute Gasteiger partial charge is 0.454 e. The second-order valence-corrected chi connectivity index (χ2v) is 4.61. The summed E-state index contributed by atoms with van der Waals surface area (Å²) in [5, 5.41) is 0. The Labute approximate surface area is 125 Å². The van der Waals surface area contributed by atoms with Crippen molar-refractivity contribution in [3.63, 3.8) is 0 Å². The molecule has 7 heteroatoms. The van der Waals surface area contributed by atoms with E-state index < -0.39 is 5.97 Å². The number of hydrogen-bond donors (Lipinski definition) is 0. The van der Waals surface area contributed by atoms with Crippen molar-refractivity contribution < 1.29 is 23.8 Å². The Bertz CT molecular complexity index is 727. The molecule has 0 spiro atoms. The third-order valence-electron chi connectivity index (χ3n) is 3.02. The van der Waals surface area contributed by atoms with Gasteiger partial charge < -0.3 is 14.2 Å². The number of esters is 1. The van der Waals surface area contributed by atoms with Crippen molar-refractivity contribution in [1.82, 2.24) is 9.97 Å². The molecule has 1 aliphatic heterocycles. The lowest BCUT2D eigenvalue weighted by Crippen LogP contribution is -2.15.